The number of hydrogen-bond donors (Lipinski definition) is 3. The van der Waals surface area contributed by atoms with Crippen LogP contribution in [0.5, 0.6) is 0 Å². The first-order valence-corrected chi connectivity index (χ1v) is 15.1. The molecule has 0 aliphatic carbocycles. The molecule has 0 bridgehead atoms. The molecule has 2 unspecified atom stereocenters. The number of likely N-dealkylation sites (tertiary alicyclic amines) is 1. The van der Waals surface area contributed by atoms with Crippen LogP contribution in [-0.2, 0) is 25.7 Å². The lowest BCUT2D eigenvalue weighted by molar-refractivity contribution is -0.138. The van der Waals surface area contributed by atoms with Crippen LogP contribution in [0.15, 0.2) is 24.3 Å². The molecule has 1 aliphatic heterocycles. The number of nitrogens with one attached hydrogen (secondary N) is 3. The molecule has 0 aromatic heterocycles. The monoisotopic (exact) mass is 562 g/mol. The number of thioether (sulfide) groups is 1. The summed E-state index contributed by atoms with van der Waals surface area (Å²) in [4.78, 5) is 53.2. The minimum absolute atomic E-state index is 0.0789. The first-order valence-electron chi connectivity index (χ1n) is 13.7. The molecular weight excluding hydrogens is 516 g/mol. The summed E-state index contributed by atoms with van der Waals surface area (Å²) in [6, 6.07) is 6.62. The van der Waals surface area contributed by atoms with Crippen molar-refractivity contribution in [2.24, 2.45) is 11.8 Å². The van der Waals surface area contributed by atoms with Gasteiger partial charge in [0.25, 0.3) is 0 Å². The maximum absolute atomic E-state index is 13.2. The minimum atomic E-state index is -0.680. The molecule has 2 atom stereocenters. The van der Waals surface area contributed by atoms with Crippen molar-refractivity contribution in [1.29, 1.82) is 0 Å². The van der Waals surface area contributed by atoms with Gasteiger partial charge in [-0.05, 0) is 70.4 Å². The van der Waals surface area contributed by atoms with Gasteiger partial charge in [0.15, 0.2) is 0 Å². The minimum Gasteiger partial charge on any atom is -0.444 e. The van der Waals surface area contributed by atoms with E-state index in [2.05, 4.69) is 16.0 Å². The highest BCUT2D eigenvalue weighted by molar-refractivity contribution is 7.98. The molecule has 1 fully saturated rings. The fourth-order valence-corrected chi connectivity index (χ4v) is 4.81. The molecule has 9 nitrogen and oxygen atoms in total. The molecular formula is C29H46N4O5S. The van der Waals surface area contributed by atoms with Crippen molar-refractivity contribution in [2.75, 3.05) is 25.1 Å². The van der Waals surface area contributed by atoms with E-state index in [9.17, 15) is 19.2 Å². The molecule has 1 aromatic carbocycles. The maximum Gasteiger partial charge on any atom is 0.408 e. The Balaban J connectivity index is 1.91. The van der Waals surface area contributed by atoms with E-state index in [4.69, 9.17) is 4.74 Å². The van der Waals surface area contributed by atoms with Crippen molar-refractivity contribution in [3.63, 3.8) is 0 Å². The van der Waals surface area contributed by atoms with E-state index in [-0.39, 0.29) is 29.6 Å². The van der Waals surface area contributed by atoms with Gasteiger partial charge in [-0.15, -0.1) is 0 Å². The quantitative estimate of drug-likeness (QED) is 0.379. The summed E-state index contributed by atoms with van der Waals surface area (Å²) in [7, 11) is 0. The lowest BCUT2D eigenvalue weighted by Gasteiger charge is -2.34. The van der Waals surface area contributed by atoms with E-state index in [0.29, 0.717) is 44.6 Å². The number of piperidine rings is 1. The topological polar surface area (TPSA) is 117 Å². The Morgan fingerprint density at radius 2 is 1.67 bits per heavy atom. The third kappa shape index (κ3) is 11.1. The number of rotatable bonds is 11. The summed E-state index contributed by atoms with van der Waals surface area (Å²) in [5, 5.41) is 8.61. The van der Waals surface area contributed by atoms with Gasteiger partial charge in [0.05, 0.1) is 0 Å². The predicted molar refractivity (Wildman–Crippen MR) is 155 cm³/mol. The molecule has 39 heavy (non-hydrogen) atoms. The number of nitrogens with zero attached hydrogens (tertiary/aromatic N) is 1. The Bertz CT molecular complexity index is 969. The third-order valence-electron chi connectivity index (χ3n) is 6.61. The summed E-state index contributed by atoms with van der Waals surface area (Å²) in [5.74, 6) is -0.195. The van der Waals surface area contributed by atoms with Crippen molar-refractivity contribution in [3.05, 3.63) is 35.4 Å². The lowest BCUT2D eigenvalue weighted by atomic mass is 9.94. The van der Waals surface area contributed by atoms with Crippen LogP contribution < -0.4 is 16.0 Å². The molecule has 0 radical (unpaired) electrons. The van der Waals surface area contributed by atoms with Crippen LogP contribution in [0.4, 0.5) is 4.79 Å². The van der Waals surface area contributed by atoms with Crippen molar-refractivity contribution < 1.29 is 23.9 Å². The van der Waals surface area contributed by atoms with E-state index >= 15 is 0 Å². The number of ether oxygens (including phenoxy) is 1. The van der Waals surface area contributed by atoms with Crippen LogP contribution in [-0.4, -0.2) is 71.5 Å². The van der Waals surface area contributed by atoms with Gasteiger partial charge in [-0.1, -0.05) is 43.7 Å². The average Bonchev–Trinajstić information content (AvgIpc) is 2.87. The standard InChI is InChI=1S/C29H46N4O5S/c1-19(2)24(26(35)30-18-21-10-8-20(3)9-11-21)32-25(34)22-12-15-33(16-13-22)27(36)23(14-17-39-7)31-28(37)38-29(4,5)6/h8-11,19,22-24H,12-18H2,1-7H3,(H,30,35)(H,31,37)(H,32,34). The highest BCUT2D eigenvalue weighted by atomic mass is 32.2. The first-order chi connectivity index (χ1) is 18.3. The number of aryl methyl sites for hydroxylation is 1. The maximum atomic E-state index is 13.2. The molecule has 0 saturated carbocycles. The largest absolute Gasteiger partial charge is 0.444 e. The van der Waals surface area contributed by atoms with Gasteiger partial charge in [-0.3, -0.25) is 14.4 Å². The van der Waals surface area contributed by atoms with Gasteiger partial charge in [0.2, 0.25) is 17.7 Å². The van der Waals surface area contributed by atoms with Crippen molar-refractivity contribution in [1.82, 2.24) is 20.9 Å². The van der Waals surface area contributed by atoms with Crippen molar-refractivity contribution >= 4 is 35.6 Å². The average molecular weight is 563 g/mol. The van der Waals surface area contributed by atoms with Gasteiger partial charge in [-0.2, -0.15) is 11.8 Å². The molecule has 218 valence electrons. The summed E-state index contributed by atoms with van der Waals surface area (Å²) in [5.41, 5.74) is 1.49. The third-order valence-corrected chi connectivity index (χ3v) is 7.26. The second-order valence-corrected chi connectivity index (χ2v) is 12.5. The van der Waals surface area contributed by atoms with Gasteiger partial charge in [-0.25, -0.2) is 4.79 Å². The number of benzene rings is 1. The number of amides is 4. The number of carbonyl (C=O) groups is 4. The number of alkyl carbamates (subject to hydrolysis) is 1. The van der Waals surface area contributed by atoms with E-state index in [0.717, 1.165) is 11.1 Å². The zero-order valence-corrected chi connectivity index (χ0v) is 25.3. The molecule has 3 N–H and O–H groups in total. The molecule has 2 rings (SSSR count). The smallest absolute Gasteiger partial charge is 0.408 e. The van der Waals surface area contributed by atoms with Crippen LogP contribution in [0.25, 0.3) is 0 Å². The zero-order valence-electron chi connectivity index (χ0n) is 24.5. The highest BCUT2D eigenvalue weighted by Gasteiger charge is 2.34. The molecule has 10 heteroatoms. The van der Waals surface area contributed by atoms with Crippen molar-refractivity contribution in [3.8, 4) is 0 Å². The van der Waals surface area contributed by atoms with Gasteiger partial charge in [0, 0.05) is 25.6 Å². The van der Waals surface area contributed by atoms with E-state index in [1.54, 1.807) is 37.4 Å². The molecule has 0 spiro atoms. The predicted octanol–water partition coefficient (Wildman–Crippen LogP) is 3.64. The molecule has 1 aliphatic rings. The Morgan fingerprint density at radius 1 is 1.05 bits per heavy atom. The lowest BCUT2D eigenvalue weighted by Crippen LogP contribution is -2.54. The van der Waals surface area contributed by atoms with Crippen molar-refractivity contribution in [2.45, 2.75) is 85.0 Å². The van der Waals surface area contributed by atoms with Crippen LogP contribution in [0.3, 0.4) is 0 Å². The van der Waals surface area contributed by atoms with Crippen LogP contribution in [0, 0.1) is 18.8 Å². The van der Waals surface area contributed by atoms with E-state index in [1.807, 2.05) is 51.3 Å². The zero-order chi connectivity index (χ0) is 29.2. The van der Waals surface area contributed by atoms with Gasteiger partial charge >= 0.3 is 6.09 Å². The van der Waals surface area contributed by atoms with Crippen LogP contribution in [0.2, 0.25) is 0 Å². The molecule has 1 heterocycles. The summed E-state index contributed by atoms with van der Waals surface area (Å²) < 4.78 is 5.34. The Hall–Kier alpha value is -2.75. The Labute approximate surface area is 237 Å². The van der Waals surface area contributed by atoms with Crippen LogP contribution >= 0.6 is 11.8 Å². The first kappa shape index (κ1) is 32.5. The summed E-state index contributed by atoms with van der Waals surface area (Å²) in [6.45, 7) is 12.4. The van der Waals surface area contributed by atoms with E-state index in [1.165, 1.54) is 0 Å². The summed E-state index contributed by atoms with van der Waals surface area (Å²) in [6.07, 6.45) is 2.82. The Morgan fingerprint density at radius 3 is 2.21 bits per heavy atom. The number of hydrogen-bond acceptors (Lipinski definition) is 6. The second kappa shape index (κ2) is 15.1. The molecule has 4 amide bonds. The highest BCUT2D eigenvalue weighted by Crippen LogP contribution is 2.20. The fourth-order valence-electron chi connectivity index (χ4n) is 4.34. The summed E-state index contributed by atoms with van der Waals surface area (Å²) >= 11 is 1.60. The normalized spacial score (nSPS) is 15.8. The fraction of sp³-hybridized carbons (Fsp3) is 0.655. The number of carbonyl (C=O) groups excluding carboxylic acids is 4. The van der Waals surface area contributed by atoms with E-state index < -0.39 is 23.8 Å². The van der Waals surface area contributed by atoms with Gasteiger partial charge < -0.3 is 25.6 Å². The van der Waals surface area contributed by atoms with Gasteiger partial charge in [0.1, 0.15) is 17.7 Å². The van der Waals surface area contributed by atoms with Crippen LogP contribution in [0.1, 0.15) is 65.0 Å². The molecule has 1 aromatic rings. The molecule has 1 saturated heterocycles. The SMILES string of the molecule is CSCCC(NC(=O)OC(C)(C)C)C(=O)N1CCC(C(=O)NC(C(=O)NCc2ccc(C)cc2)C(C)C)CC1. The Kier molecular flexibility index (Phi) is 12.6. The second-order valence-electron chi connectivity index (χ2n) is 11.5.